The van der Waals surface area contributed by atoms with Gasteiger partial charge < -0.3 is 13.9 Å². The zero-order chi connectivity index (χ0) is 21.7. The maximum atomic E-state index is 13.6. The minimum atomic E-state index is -4.67. The van der Waals surface area contributed by atoms with Crippen LogP contribution >= 0.6 is 11.6 Å². The van der Waals surface area contributed by atoms with Crippen LogP contribution in [0.1, 0.15) is 60.1 Å². The van der Waals surface area contributed by atoms with Gasteiger partial charge in [0.25, 0.3) is 0 Å². The van der Waals surface area contributed by atoms with E-state index in [0.29, 0.717) is 5.46 Å². The Kier molecular flexibility index (Phi) is 6.53. The molecule has 0 saturated carbocycles. The van der Waals surface area contributed by atoms with Gasteiger partial charge in [0.05, 0.1) is 11.2 Å². The van der Waals surface area contributed by atoms with Crippen molar-refractivity contribution >= 4 is 35.5 Å². The summed E-state index contributed by atoms with van der Waals surface area (Å²) >= 11 is 4.27. The molecule has 1 N–H and O–H groups in total. The molecular weight excluding hydrogens is 414 g/mol. The molecule has 2 atom stereocenters. The summed E-state index contributed by atoms with van der Waals surface area (Å²) in [6.07, 6.45) is -4.67. The second kappa shape index (κ2) is 7.67. The fourth-order valence-electron chi connectivity index (χ4n) is 2.49. The van der Waals surface area contributed by atoms with E-state index < -0.39 is 46.6 Å². The van der Waals surface area contributed by atoms with Crippen LogP contribution in [0.5, 0.6) is 0 Å². The molecule has 0 radical (unpaired) electrons. The van der Waals surface area contributed by atoms with Gasteiger partial charge in [-0.25, -0.2) is 0 Å². The summed E-state index contributed by atoms with van der Waals surface area (Å²) in [5.41, 5.74) is -0.845. The molecule has 2 rings (SSSR count). The first kappa shape index (κ1) is 23.8. The molecule has 0 amide bonds. The van der Waals surface area contributed by atoms with E-state index >= 15 is 0 Å². The third-order valence-electron chi connectivity index (χ3n) is 4.97. The first-order valence-electron chi connectivity index (χ1n) is 8.85. The summed E-state index contributed by atoms with van der Waals surface area (Å²) in [5, 5.41) is -0.104. The van der Waals surface area contributed by atoms with Crippen LogP contribution < -0.4 is 10.2 Å². The lowest BCUT2D eigenvalue weighted by molar-refractivity contribution is -0.153. The lowest BCUT2D eigenvalue weighted by Crippen LogP contribution is -2.46. The number of halogens is 4. The van der Waals surface area contributed by atoms with Crippen LogP contribution in [0.2, 0.25) is 5.02 Å². The highest BCUT2D eigenvalue weighted by Crippen LogP contribution is 2.39. The van der Waals surface area contributed by atoms with Crippen LogP contribution in [0, 0.1) is 0 Å². The molecule has 158 valence electrons. The average Bonchev–Trinajstić information content (AvgIpc) is 2.71. The summed E-state index contributed by atoms with van der Waals surface area (Å²) in [6.45, 7) is 12.3. The number of benzene rings is 1. The predicted octanol–water partition coefficient (Wildman–Crippen LogP) is 4.29. The first-order valence-corrected chi connectivity index (χ1v) is 10.4. The van der Waals surface area contributed by atoms with Crippen molar-refractivity contribution in [1.82, 2.24) is 4.72 Å². The Bertz CT molecular complexity index is 709. The van der Waals surface area contributed by atoms with E-state index in [4.69, 9.17) is 20.9 Å². The smallest absolute Gasteiger partial charge is 0.494 e. The van der Waals surface area contributed by atoms with Crippen molar-refractivity contribution in [2.24, 2.45) is 0 Å². The van der Waals surface area contributed by atoms with E-state index in [-0.39, 0.29) is 10.6 Å². The van der Waals surface area contributed by atoms with Crippen molar-refractivity contribution < 1.29 is 27.0 Å². The Morgan fingerprint density at radius 1 is 1.11 bits per heavy atom. The summed E-state index contributed by atoms with van der Waals surface area (Å²) < 4.78 is 66.3. The zero-order valence-electron chi connectivity index (χ0n) is 17.0. The number of alkyl halides is 3. The monoisotopic (exact) mass is 439 g/mol. The third kappa shape index (κ3) is 4.99. The summed E-state index contributed by atoms with van der Waals surface area (Å²) in [7, 11) is -0.738. The van der Waals surface area contributed by atoms with E-state index in [9.17, 15) is 17.7 Å². The van der Waals surface area contributed by atoms with Crippen LogP contribution in [-0.2, 0) is 20.7 Å². The number of hydrogen-bond donors (Lipinski definition) is 1. The van der Waals surface area contributed by atoms with Gasteiger partial charge in [0.2, 0.25) is 0 Å². The minimum Gasteiger partial charge on any atom is -0.598 e. The van der Waals surface area contributed by atoms with Gasteiger partial charge in [-0.2, -0.15) is 13.2 Å². The molecule has 10 heteroatoms. The average molecular weight is 440 g/mol. The van der Waals surface area contributed by atoms with Gasteiger partial charge in [0, 0.05) is 21.9 Å². The molecule has 0 unspecified atom stereocenters. The Morgan fingerprint density at radius 3 is 2.00 bits per heavy atom. The molecule has 1 aromatic carbocycles. The largest absolute Gasteiger partial charge is 0.598 e. The fourth-order valence-corrected chi connectivity index (χ4v) is 3.62. The van der Waals surface area contributed by atoms with Gasteiger partial charge in [-0.1, -0.05) is 23.7 Å². The van der Waals surface area contributed by atoms with Gasteiger partial charge in [-0.3, -0.25) is 0 Å². The van der Waals surface area contributed by atoms with E-state index in [1.807, 2.05) is 27.7 Å². The van der Waals surface area contributed by atoms with Crippen LogP contribution in [0.3, 0.4) is 0 Å². The van der Waals surface area contributed by atoms with E-state index in [1.165, 1.54) is 18.2 Å². The van der Waals surface area contributed by atoms with Crippen LogP contribution in [-0.4, -0.2) is 33.8 Å². The van der Waals surface area contributed by atoms with Crippen molar-refractivity contribution in [1.29, 1.82) is 0 Å². The Labute approximate surface area is 173 Å². The SMILES string of the molecule is CC(C)(C)[S@+]([O-])N[C@H](c1ccc(B2OC(C)(C)C(C)(C)O2)cc1Cl)C(F)(F)F. The van der Waals surface area contributed by atoms with Gasteiger partial charge in [-0.05, 0) is 60.0 Å². The fraction of sp³-hybridized carbons (Fsp3) is 0.667. The molecule has 1 fully saturated rings. The van der Waals surface area contributed by atoms with Crippen molar-refractivity contribution in [3.63, 3.8) is 0 Å². The zero-order valence-corrected chi connectivity index (χ0v) is 18.6. The topological polar surface area (TPSA) is 53.5 Å². The third-order valence-corrected chi connectivity index (χ3v) is 6.86. The van der Waals surface area contributed by atoms with Crippen LogP contribution in [0.4, 0.5) is 13.2 Å². The molecule has 0 spiro atoms. The Morgan fingerprint density at radius 2 is 1.61 bits per heavy atom. The normalized spacial score (nSPS) is 21.6. The maximum Gasteiger partial charge on any atom is 0.494 e. The van der Waals surface area contributed by atoms with Gasteiger partial charge in [-0.15, -0.1) is 4.72 Å². The lowest BCUT2D eigenvalue weighted by atomic mass is 9.78. The van der Waals surface area contributed by atoms with E-state index in [1.54, 1.807) is 20.8 Å². The minimum absolute atomic E-state index is 0.104. The summed E-state index contributed by atoms with van der Waals surface area (Å²) in [6, 6.07) is 2.00. The highest BCUT2D eigenvalue weighted by molar-refractivity contribution is 7.90. The first-order chi connectivity index (χ1) is 12.5. The number of hydrogen-bond acceptors (Lipinski definition) is 4. The molecule has 1 saturated heterocycles. The molecule has 1 aliphatic heterocycles. The molecule has 1 aromatic rings. The van der Waals surface area contributed by atoms with Gasteiger partial charge >= 0.3 is 13.3 Å². The molecule has 1 heterocycles. The standard InChI is InChI=1S/C18H26BClF3NO3S/c1-15(2,3)28(25)24-14(18(21,22)23)12-9-8-11(10-13(12)20)19-26-16(4,5)17(6,7)27-19/h8-10,14,24H,1-7H3/t14-,28+/m1/s1. The second-order valence-electron chi connectivity index (χ2n) is 8.84. The summed E-state index contributed by atoms with van der Waals surface area (Å²) in [5.74, 6) is 0. The highest BCUT2D eigenvalue weighted by Gasteiger charge is 2.52. The lowest BCUT2D eigenvalue weighted by Gasteiger charge is -2.32. The van der Waals surface area contributed by atoms with Gasteiger partial charge in [0.15, 0.2) is 6.04 Å². The van der Waals surface area contributed by atoms with Crippen molar-refractivity contribution in [3.8, 4) is 0 Å². The molecule has 0 aliphatic carbocycles. The van der Waals surface area contributed by atoms with E-state index in [0.717, 1.165) is 0 Å². The van der Waals surface area contributed by atoms with Crippen molar-refractivity contribution in [2.45, 2.75) is 76.6 Å². The summed E-state index contributed by atoms with van der Waals surface area (Å²) in [4.78, 5) is 0. The van der Waals surface area contributed by atoms with Crippen LogP contribution in [0.25, 0.3) is 0 Å². The van der Waals surface area contributed by atoms with Crippen molar-refractivity contribution in [3.05, 3.63) is 28.8 Å². The van der Waals surface area contributed by atoms with E-state index in [2.05, 4.69) is 4.72 Å². The molecule has 0 bridgehead atoms. The second-order valence-corrected chi connectivity index (χ2v) is 11.2. The molecule has 28 heavy (non-hydrogen) atoms. The number of nitrogens with one attached hydrogen (secondary N) is 1. The molecule has 4 nitrogen and oxygen atoms in total. The molecular formula is C18H26BClF3NO3S. The van der Waals surface area contributed by atoms with Gasteiger partial charge in [0.1, 0.15) is 4.75 Å². The number of rotatable bonds is 4. The maximum absolute atomic E-state index is 13.6. The van der Waals surface area contributed by atoms with Crippen LogP contribution in [0.15, 0.2) is 18.2 Å². The Hall–Kier alpha value is -0.445. The van der Waals surface area contributed by atoms with Crippen molar-refractivity contribution in [2.75, 3.05) is 0 Å². The highest BCUT2D eigenvalue weighted by atomic mass is 35.5. The predicted molar refractivity (Wildman–Crippen MR) is 107 cm³/mol. The molecule has 0 aromatic heterocycles. The quantitative estimate of drug-likeness (QED) is 0.561. The Balaban J connectivity index is 2.33. The molecule has 1 aliphatic rings.